The van der Waals surface area contributed by atoms with Gasteiger partial charge in [0.1, 0.15) is 30.5 Å². The van der Waals surface area contributed by atoms with Crippen molar-refractivity contribution in [3.8, 4) is 12.1 Å². The minimum Gasteiger partial charge on any atom is -0.370 e. The van der Waals surface area contributed by atoms with E-state index in [0.717, 1.165) is 37.4 Å². The largest absolute Gasteiger partial charge is 0.370 e. The van der Waals surface area contributed by atoms with Crippen LogP contribution in [0.1, 0.15) is 32.5 Å². The normalized spacial score (nSPS) is 9.60. The fraction of sp³-hybridized carbons (Fsp3) is 0.571. The van der Waals surface area contributed by atoms with E-state index in [4.69, 9.17) is 10.5 Å². The molecule has 106 valence electrons. The summed E-state index contributed by atoms with van der Waals surface area (Å²) in [5.74, 6) is 2.12. The third kappa shape index (κ3) is 4.74. The molecule has 1 aromatic rings. The maximum absolute atomic E-state index is 8.85. The van der Waals surface area contributed by atoms with Crippen LogP contribution in [0, 0.1) is 22.7 Å². The average Bonchev–Trinajstić information content (AvgIpc) is 2.45. The van der Waals surface area contributed by atoms with Gasteiger partial charge in [0, 0.05) is 19.0 Å². The molecule has 0 saturated heterocycles. The number of nitrogens with zero attached hydrogens (tertiary/aromatic N) is 5. The number of aromatic nitrogens is 2. The van der Waals surface area contributed by atoms with Gasteiger partial charge < -0.3 is 10.2 Å². The lowest BCUT2D eigenvalue weighted by molar-refractivity contribution is 0.816. The molecular formula is C14H20N6. The van der Waals surface area contributed by atoms with Gasteiger partial charge in [0.15, 0.2) is 0 Å². The van der Waals surface area contributed by atoms with Crippen LogP contribution < -0.4 is 10.2 Å². The van der Waals surface area contributed by atoms with Crippen molar-refractivity contribution in [1.29, 1.82) is 10.5 Å². The minimum atomic E-state index is 0.142. The highest BCUT2D eigenvalue weighted by molar-refractivity contribution is 5.50. The molecule has 0 aromatic carbocycles. The molecule has 1 heterocycles. The summed E-state index contributed by atoms with van der Waals surface area (Å²) in [5, 5.41) is 20.9. The second-order valence-electron chi connectivity index (χ2n) is 4.38. The Kier molecular flexibility index (Phi) is 6.84. The fourth-order valence-electron chi connectivity index (χ4n) is 1.71. The monoisotopic (exact) mass is 272 g/mol. The van der Waals surface area contributed by atoms with Gasteiger partial charge in [-0.3, -0.25) is 0 Å². The summed E-state index contributed by atoms with van der Waals surface area (Å²) in [5.41, 5.74) is 0. The Hall–Kier alpha value is -2.34. The standard InChI is InChI=1S/C14H20N6/c1-3-5-12-18-13(17-8-4-2)11-14(19-12)20(9-6-15)10-7-16/h11H,3-5,8-10H2,1-2H3,(H,17,18,19). The van der Waals surface area contributed by atoms with E-state index < -0.39 is 0 Å². The van der Waals surface area contributed by atoms with E-state index in [1.54, 1.807) is 11.0 Å². The van der Waals surface area contributed by atoms with E-state index in [1.165, 1.54) is 0 Å². The molecule has 1 aromatic heterocycles. The first kappa shape index (κ1) is 15.7. The van der Waals surface area contributed by atoms with Gasteiger partial charge in [-0.15, -0.1) is 0 Å². The fourth-order valence-corrected chi connectivity index (χ4v) is 1.71. The molecule has 0 unspecified atom stereocenters. The highest BCUT2D eigenvalue weighted by Gasteiger charge is 2.11. The van der Waals surface area contributed by atoms with Crippen molar-refractivity contribution < 1.29 is 0 Å². The molecule has 6 heteroatoms. The predicted molar refractivity (Wildman–Crippen MR) is 78.2 cm³/mol. The van der Waals surface area contributed by atoms with E-state index >= 15 is 0 Å². The highest BCUT2D eigenvalue weighted by Crippen LogP contribution is 2.16. The molecule has 1 N–H and O–H groups in total. The molecule has 1 rings (SSSR count). The molecule has 0 atom stereocenters. The number of hydrogen-bond acceptors (Lipinski definition) is 6. The van der Waals surface area contributed by atoms with Crippen molar-refractivity contribution in [1.82, 2.24) is 9.97 Å². The maximum Gasteiger partial charge on any atom is 0.136 e. The summed E-state index contributed by atoms with van der Waals surface area (Å²) in [6, 6.07) is 5.91. The number of aryl methyl sites for hydroxylation is 1. The molecule has 0 amide bonds. The van der Waals surface area contributed by atoms with Crippen LogP contribution in [0.25, 0.3) is 0 Å². The Labute approximate surface area is 120 Å². The second kappa shape index (κ2) is 8.71. The van der Waals surface area contributed by atoms with Gasteiger partial charge in [-0.2, -0.15) is 10.5 Å². The van der Waals surface area contributed by atoms with Gasteiger partial charge in [-0.1, -0.05) is 13.8 Å². The molecule has 0 fully saturated rings. The molecule has 0 saturated carbocycles. The van der Waals surface area contributed by atoms with Crippen molar-refractivity contribution in [2.24, 2.45) is 0 Å². The quantitative estimate of drug-likeness (QED) is 0.729. The number of hydrogen-bond donors (Lipinski definition) is 1. The van der Waals surface area contributed by atoms with Crippen LogP contribution in [0.15, 0.2) is 6.07 Å². The Morgan fingerprint density at radius 1 is 1.15 bits per heavy atom. The first-order valence-corrected chi connectivity index (χ1v) is 6.85. The zero-order valence-corrected chi connectivity index (χ0v) is 12.1. The zero-order valence-electron chi connectivity index (χ0n) is 12.1. The van der Waals surface area contributed by atoms with Crippen molar-refractivity contribution >= 4 is 11.6 Å². The third-order valence-corrected chi connectivity index (χ3v) is 2.64. The summed E-state index contributed by atoms with van der Waals surface area (Å²) in [7, 11) is 0. The molecule has 0 spiro atoms. The number of nitriles is 2. The molecule has 0 bridgehead atoms. The number of nitrogens with one attached hydrogen (secondary N) is 1. The Balaban J connectivity index is 3.05. The molecule has 0 radical (unpaired) electrons. The summed E-state index contributed by atoms with van der Waals surface area (Å²) in [4.78, 5) is 10.5. The number of anilines is 2. The van der Waals surface area contributed by atoms with Crippen molar-refractivity contribution in [3.63, 3.8) is 0 Å². The summed E-state index contributed by atoms with van der Waals surface area (Å²) in [6.45, 7) is 5.27. The Morgan fingerprint density at radius 3 is 2.40 bits per heavy atom. The third-order valence-electron chi connectivity index (χ3n) is 2.64. The first-order valence-electron chi connectivity index (χ1n) is 6.85. The second-order valence-corrected chi connectivity index (χ2v) is 4.38. The molecule has 6 nitrogen and oxygen atoms in total. The van der Waals surface area contributed by atoms with Crippen LogP contribution in [0.3, 0.4) is 0 Å². The maximum atomic E-state index is 8.85. The van der Waals surface area contributed by atoms with Gasteiger partial charge in [-0.05, 0) is 12.8 Å². The zero-order chi connectivity index (χ0) is 14.8. The van der Waals surface area contributed by atoms with Crippen molar-refractivity contribution in [2.75, 3.05) is 29.9 Å². The topological polar surface area (TPSA) is 88.6 Å². The molecular weight excluding hydrogens is 252 g/mol. The highest BCUT2D eigenvalue weighted by atomic mass is 15.2. The van der Waals surface area contributed by atoms with Gasteiger partial charge in [0.05, 0.1) is 12.1 Å². The smallest absolute Gasteiger partial charge is 0.136 e. The van der Waals surface area contributed by atoms with E-state index in [2.05, 4.69) is 41.3 Å². The molecule has 0 aliphatic heterocycles. The summed E-state index contributed by atoms with van der Waals surface area (Å²) in [6.07, 6.45) is 2.73. The van der Waals surface area contributed by atoms with E-state index in [0.29, 0.717) is 5.82 Å². The average molecular weight is 272 g/mol. The Bertz CT molecular complexity index is 483. The van der Waals surface area contributed by atoms with Crippen LogP contribution in [-0.4, -0.2) is 29.6 Å². The molecule has 20 heavy (non-hydrogen) atoms. The van der Waals surface area contributed by atoms with E-state index in [9.17, 15) is 0 Å². The Morgan fingerprint density at radius 2 is 1.85 bits per heavy atom. The van der Waals surface area contributed by atoms with Gasteiger partial charge in [0.2, 0.25) is 0 Å². The van der Waals surface area contributed by atoms with Crippen LogP contribution in [0.5, 0.6) is 0 Å². The minimum absolute atomic E-state index is 0.142. The van der Waals surface area contributed by atoms with Crippen LogP contribution >= 0.6 is 0 Å². The predicted octanol–water partition coefficient (Wildman–Crippen LogP) is 2.10. The lowest BCUT2D eigenvalue weighted by Crippen LogP contribution is -2.25. The first-order chi connectivity index (χ1) is 9.74. The van der Waals surface area contributed by atoms with Gasteiger partial charge >= 0.3 is 0 Å². The SMILES string of the molecule is CCCNc1cc(N(CC#N)CC#N)nc(CCC)n1. The van der Waals surface area contributed by atoms with Crippen LogP contribution in [-0.2, 0) is 6.42 Å². The lowest BCUT2D eigenvalue weighted by atomic mass is 10.3. The van der Waals surface area contributed by atoms with Gasteiger partial charge in [0.25, 0.3) is 0 Å². The molecule has 0 aliphatic rings. The summed E-state index contributed by atoms with van der Waals surface area (Å²) < 4.78 is 0. The molecule has 0 aliphatic carbocycles. The summed E-state index contributed by atoms with van der Waals surface area (Å²) >= 11 is 0. The number of rotatable bonds is 8. The van der Waals surface area contributed by atoms with Crippen LogP contribution in [0.2, 0.25) is 0 Å². The van der Waals surface area contributed by atoms with Crippen molar-refractivity contribution in [3.05, 3.63) is 11.9 Å². The van der Waals surface area contributed by atoms with Gasteiger partial charge in [-0.25, -0.2) is 9.97 Å². The lowest BCUT2D eigenvalue weighted by Gasteiger charge is -2.18. The van der Waals surface area contributed by atoms with Crippen LogP contribution in [0.4, 0.5) is 11.6 Å². The van der Waals surface area contributed by atoms with E-state index in [1.807, 2.05) is 0 Å². The van der Waals surface area contributed by atoms with E-state index in [-0.39, 0.29) is 13.1 Å². The van der Waals surface area contributed by atoms with Crippen molar-refractivity contribution in [2.45, 2.75) is 33.1 Å².